The number of anilines is 1. The van der Waals surface area contributed by atoms with Crippen molar-refractivity contribution < 1.29 is 4.74 Å². The topological polar surface area (TPSA) is 48.1 Å². The fourth-order valence-corrected chi connectivity index (χ4v) is 5.83. The van der Waals surface area contributed by atoms with Gasteiger partial charge >= 0.3 is 0 Å². The summed E-state index contributed by atoms with van der Waals surface area (Å²) in [7, 11) is 0. The molecular formula is C14H22N2OS2. The van der Waals surface area contributed by atoms with Gasteiger partial charge in [-0.3, -0.25) is 0 Å². The minimum absolute atomic E-state index is 0.193. The highest BCUT2D eigenvalue weighted by molar-refractivity contribution is 8.01. The fraction of sp³-hybridized carbons (Fsp3) is 0.786. The second-order valence-corrected chi connectivity index (χ2v) is 8.35. The summed E-state index contributed by atoms with van der Waals surface area (Å²) in [5.41, 5.74) is 7.08. The third-order valence-corrected chi connectivity index (χ3v) is 6.82. The molecule has 2 fully saturated rings. The first kappa shape index (κ1) is 13.7. The highest BCUT2D eigenvalue weighted by Gasteiger charge is 2.38. The van der Waals surface area contributed by atoms with Gasteiger partial charge in [0.05, 0.1) is 15.5 Å². The highest BCUT2D eigenvalue weighted by Crippen LogP contribution is 2.45. The summed E-state index contributed by atoms with van der Waals surface area (Å²) in [6.07, 6.45) is 8.93. The van der Waals surface area contributed by atoms with E-state index in [0.29, 0.717) is 10.4 Å². The second-order valence-electron chi connectivity index (χ2n) is 5.75. The van der Waals surface area contributed by atoms with Crippen LogP contribution in [0.5, 0.6) is 0 Å². The maximum Gasteiger partial charge on any atom is 0.181 e. The Bertz CT molecular complexity index is 435. The van der Waals surface area contributed by atoms with Gasteiger partial charge in [0.25, 0.3) is 0 Å². The van der Waals surface area contributed by atoms with Crippen LogP contribution in [0, 0.1) is 6.92 Å². The monoisotopic (exact) mass is 298 g/mol. The van der Waals surface area contributed by atoms with Crippen molar-refractivity contribution in [2.75, 3.05) is 12.3 Å². The molecule has 106 valence electrons. The maximum atomic E-state index is 6.16. The Morgan fingerprint density at radius 1 is 1.37 bits per heavy atom. The van der Waals surface area contributed by atoms with Crippen LogP contribution in [-0.2, 0) is 4.74 Å². The Labute approximate surface area is 123 Å². The smallest absolute Gasteiger partial charge is 0.181 e. The third-order valence-electron chi connectivity index (χ3n) is 4.26. The van der Waals surface area contributed by atoms with E-state index in [1.165, 1.54) is 42.7 Å². The van der Waals surface area contributed by atoms with Crippen LogP contribution < -0.4 is 5.73 Å². The van der Waals surface area contributed by atoms with E-state index in [1.807, 2.05) is 11.8 Å². The number of rotatable bonds is 2. The molecule has 2 aliphatic rings. The van der Waals surface area contributed by atoms with E-state index < -0.39 is 0 Å². The van der Waals surface area contributed by atoms with Gasteiger partial charge in [-0.1, -0.05) is 30.6 Å². The molecule has 1 spiro atoms. The van der Waals surface area contributed by atoms with Crippen molar-refractivity contribution in [3.8, 4) is 0 Å². The van der Waals surface area contributed by atoms with Crippen LogP contribution in [-0.4, -0.2) is 22.4 Å². The number of ether oxygens (including phenoxy) is 1. The Kier molecular flexibility index (Phi) is 4.06. The molecule has 1 aliphatic heterocycles. The molecule has 0 aromatic carbocycles. The van der Waals surface area contributed by atoms with E-state index in [0.717, 1.165) is 18.7 Å². The van der Waals surface area contributed by atoms with Crippen LogP contribution in [0.15, 0.2) is 4.21 Å². The number of thiazole rings is 1. The lowest BCUT2D eigenvalue weighted by molar-refractivity contribution is -0.0970. The minimum atomic E-state index is 0.193. The Hall–Kier alpha value is -0.260. The number of nitrogens with two attached hydrogens (primary N) is 1. The van der Waals surface area contributed by atoms with Gasteiger partial charge < -0.3 is 10.5 Å². The van der Waals surface area contributed by atoms with Gasteiger partial charge in [0.15, 0.2) is 5.13 Å². The lowest BCUT2D eigenvalue weighted by Crippen LogP contribution is -2.42. The second kappa shape index (κ2) is 5.62. The number of nitrogen functional groups attached to an aromatic ring is 1. The average molecular weight is 298 g/mol. The van der Waals surface area contributed by atoms with Crippen molar-refractivity contribution in [1.29, 1.82) is 0 Å². The van der Waals surface area contributed by atoms with Gasteiger partial charge in [-0.15, -0.1) is 11.8 Å². The first-order chi connectivity index (χ1) is 9.17. The van der Waals surface area contributed by atoms with E-state index in [2.05, 4.69) is 11.9 Å². The molecule has 5 heteroatoms. The SMILES string of the molecule is Cc1nc(N)sc1SC1CCOC2(CCCCC2)C1. The number of aromatic nitrogens is 1. The molecule has 1 aromatic heterocycles. The van der Waals surface area contributed by atoms with E-state index in [4.69, 9.17) is 10.5 Å². The van der Waals surface area contributed by atoms with Gasteiger partial charge in [0.2, 0.25) is 0 Å². The highest BCUT2D eigenvalue weighted by atomic mass is 32.2. The van der Waals surface area contributed by atoms with Crippen molar-refractivity contribution in [2.45, 2.75) is 66.9 Å². The molecular weight excluding hydrogens is 276 g/mol. The lowest BCUT2D eigenvalue weighted by Gasteiger charge is -2.43. The molecule has 0 radical (unpaired) electrons. The molecule has 0 bridgehead atoms. The first-order valence-corrected chi connectivity index (χ1v) is 8.90. The van der Waals surface area contributed by atoms with Crippen LogP contribution in [0.3, 0.4) is 0 Å². The lowest BCUT2D eigenvalue weighted by atomic mass is 9.80. The zero-order valence-corrected chi connectivity index (χ0v) is 13.1. The zero-order chi connectivity index (χ0) is 13.3. The van der Waals surface area contributed by atoms with E-state index in [9.17, 15) is 0 Å². The van der Waals surface area contributed by atoms with E-state index in [1.54, 1.807) is 11.3 Å². The largest absolute Gasteiger partial charge is 0.375 e. The summed E-state index contributed by atoms with van der Waals surface area (Å²) < 4.78 is 7.46. The predicted molar refractivity (Wildman–Crippen MR) is 81.9 cm³/mol. The van der Waals surface area contributed by atoms with E-state index in [-0.39, 0.29) is 5.60 Å². The molecule has 2 heterocycles. The Balaban J connectivity index is 1.66. The molecule has 1 saturated carbocycles. The molecule has 3 nitrogen and oxygen atoms in total. The summed E-state index contributed by atoms with van der Waals surface area (Å²) in [4.78, 5) is 4.32. The summed E-state index contributed by atoms with van der Waals surface area (Å²) in [6.45, 7) is 2.98. The van der Waals surface area contributed by atoms with Gasteiger partial charge in [-0.05, 0) is 32.6 Å². The van der Waals surface area contributed by atoms with E-state index >= 15 is 0 Å². The number of thioether (sulfide) groups is 1. The third kappa shape index (κ3) is 3.09. The molecule has 1 unspecified atom stereocenters. The summed E-state index contributed by atoms with van der Waals surface area (Å²) in [5, 5.41) is 1.37. The summed E-state index contributed by atoms with van der Waals surface area (Å²) in [5.74, 6) is 0. The van der Waals surface area contributed by atoms with Crippen LogP contribution in [0.25, 0.3) is 0 Å². The maximum absolute atomic E-state index is 6.16. The van der Waals surface area contributed by atoms with Crippen molar-refractivity contribution in [3.63, 3.8) is 0 Å². The summed E-state index contributed by atoms with van der Waals surface area (Å²) >= 11 is 3.61. The number of hydrogen-bond donors (Lipinski definition) is 1. The van der Waals surface area contributed by atoms with Crippen molar-refractivity contribution in [3.05, 3.63) is 5.69 Å². The standard InChI is InChI=1S/C14H22N2OS2/c1-10-12(19-13(15)16-10)18-11-5-8-17-14(9-11)6-3-2-4-7-14/h11H,2-9H2,1H3,(H2,15,16). The van der Waals surface area contributed by atoms with Crippen LogP contribution >= 0.6 is 23.1 Å². The Morgan fingerprint density at radius 3 is 2.84 bits per heavy atom. The first-order valence-electron chi connectivity index (χ1n) is 7.20. The molecule has 2 N–H and O–H groups in total. The quantitative estimate of drug-likeness (QED) is 0.896. The zero-order valence-electron chi connectivity index (χ0n) is 11.5. The predicted octanol–water partition coefficient (Wildman–Crippen LogP) is 4.01. The molecule has 1 atom stereocenters. The molecule has 1 aliphatic carbocycles. The number of nitrogens with zero attached hydrogens (tertiary/aromatic N) is 1. The number of aryl methyl sites for hydroxylation is 1. The Morgan fingerprint density at radius 2 is 2.16 bits per heavy atom. The van der Waals surface area contributed by atoms with Gasteiger partial charge in [-0.2, -0.15) is 0 Å². The normalized spacial score (nSPS) is 26.7. The van der Waals surface area contributed by atoms with Gasteiger partial charge in [-0.25, -0.2) is 4.98 Å². The molecule has 19 heavy (non-hydrogen) atoms. The van der Waals surface area contributed by atoms with Gasteiger partial charge in [0.1, 0.15) is 0 Å². The fourth-order valence-electron chi connectivity index (χ4n) is 3.29. The average Bonchev–Trinajstić information content (AvgIpc) is 2.69. The van der Waals surface area contributed by atoms with Crippen LogP contribution in [0.1, 0.15) is 50.6 Å². The minimum Gasteiger partial charge on any atom is -0.375 e. The van der Waals surface area contributed by atoms with Crippen LogP contribution in [0.2, 0.25) is 0 Å². The van der Waals surface area contributed by atoms with Crippen molar-refractivity contribution >= 4 is 28.2 Å². The van der Waals surface area contributed by atoms with Crippen molar-refractivity contribution in [1.82, 2.24) is 4.98 Å². The summed E-state index contributed by atoms with van der Waals surface area (Å²) in [6, 6.07) is 0. The molecule has 3 rings (SSSR count). The number of hydrogen-bond acceptors (Lipinski definition) is 5. The van der Waals surface area contributed by atoms with Gasteiger partial charge in [0, 0.05) is 11.9 Å². The molecule has 0 amide bonds. The van der Waals surface area contributed by atoms with Crippen LogP contribution in [0.4, 0.5) is 5.13 Å². The van der Waals surface area contributed by atoms with Crippen molar-refractivity contribution in [2.24, 2.45) is 0 Å². The molecule has 1 saturated heterocycles. The molecule has 1 aromatic rings.